The van der Waals surface area contributed by atoms with Gasteiger partial charge in [0.05, 0.1) is 5.69 Å². The number of carbonyl (C=O) groups excluding carboxylic acids is 1. The third kappa shape index (κ3) is 2.03. The van der Waals surface area contributed by atoms with Crippen LogP contribution >= 0.6 is 0 Å². The van der Waals surface area contributed by atoms with Gasteiger partial charge >= 0.3 is 0 Å². The molecule has 2 aromatic carbocycles. The average Bonchev–Trinajstić information content (AvgIpc) is 2.85. The van der Waals surface area contributed by atoms with E-state index in [-0.39, 0.29) is 0 Å². The van der Waals surface area contributed by atoms with Crippen molar-refractivity contribution in [3.8, 4) is 11.3 Å². The van der Waals surface area contributed by atoms with Gasteiger partial charge in [0, 0.05) is 16.5 Å². The number of nitrogens with one attached hydrogen (secondary N) is 1. The maximum Gasteiger partial charge on any atom is 0.152 e. The van der Waals surface area contributed by atoms with Crippen LogP contribution in [0, 0.1) is 0 Å². The fourth-order valence-electron chi connectivity index (χ4n) is 2.54. The van der Waals surface area contributed by atoms with E-state index in [1.54, 1.807) is 0 Å². The molecule has 0 spiro atoms. The number of fused-ring (bicyclic) bond motifs is 1. The Morgan fingerprint density at radius 1 is 1.05 bits per heavy atom. The first kappa shape index (κ1) is 12.7. The van der Waals surface area contributed by atoms with Crippen molar-refractivity contribution in [3.63, 3.8) is 0 Å². The van der Waals surface area contributed by atoms with Crippen LogP contribution in [0.3, 0.4) is 0 Å². The van der Waals surface area contributed by atoms with Gasteiger partial charge in [0.15, 0.2) is 6.29 Å². The Balaban J connectivity index is 2.27. The van der Waals surface area contributed by atoms with Crippen LogP contribution in [-0.4, -0.2) is 11.3 Å². The fraction of sp³-hybridized carbons (Fsp3) is 0.167. The molecule has 0 bridgehead atoms. The highest BCUT2D eigenvalue weighted by molar-refractivity contribution is 6.04. The van der Waals surface area contributed by atoms with E-state index in [1.165, 1.54) is 5.56 Å². The minimum Gasteiger partial charge on any atom is -0.354 e. The molecule has 0 aliphatic carbocycles. The van der Waals surface area contributed by atoms with Crippen LogP contribution in [0.5, 0.6) is 0 Å². The molecule has 3 rings (SSSR count). The quantitative estimate of drug-likeness (QED) is 0.678. The van der Waals surface area contributed by atoms with E-state index in [0.717, 1.165) is 34.0 Å². The smallest absolute Gasteiger partial charge is 0.152 e. The molecule has 2 heteroatoms. The number of aromatic nitrogens is 1. The molecule has 1 aromatic heterocycles. The highest BCUT2D eigenvalue weighted by atomic mass is 16.1. The van der Waals surface area contributed by atoms with E-state index >= 15 is 0 Å². The summed E-state index contributed by atoms with van der Waals surface area (Å²) in [6, 6.07) is 16.3. The summed E-state index contributed by atoms with van der Waals surface area (Å²) >= 11 is 0. The molecule has 0 aliphatic rings. The van der Waals surface area contributed by atoms with Crippen LogP contribution < -0.4 is 0 Å². The lowest BCUT2D eigenvalue weighted by Crippen LogP contribution is -1.87. The number of rotatable bonds is 3. The molecule has 0 aliphatic heterocycles. The lowest BCUT2D eigenvalue weighted by molar-refractivity contribution is 0.112. The van der Waals surface area contributed by atoms with Crippen LogP contribution in [0.4, 0.5) is 0 Å². The molecule has 1 heterocycles. The second-order valence-electron chi connectivity index (χ2n) is 5.36. The number of benzene rings is 2. The van der Waals surface area contributed by atoms with Crippen molar-refractivity contribution in [2.24, 2.45) is 0 Å². The highest BCUT2D eigenvalue weighted by Gasteiger charge is 2.13. The van der Waals surface area contributed by atoms with E-state index in [4.69, 9.17) is 0 Å². The minimum atomic E-state index is 0.453. The molecule has 0 unspecified atom stereocenters. The van der Waals surface area contributed by atoms with Gasteiger partial charge in [0.2, 0.25) is 0 Å². The van der Waals surface area contributed by atoms with Crippen molar-refractivity contribution < 1.29 is 4.79 Å². The predicted molar refractivity (Wildman–Crippen MR) is 83.2 cm³/mol. The van der Waals surface area contributed by atoms with Crippen LogP contribution in [0.1, 0.15) is 35.7 Å². The van der Waals surface area contributed by atoms with Crippen molar-refractivity contribution in [2.75, 3.05) is 0 Å². The zero-order valence-electron chi connectivity index (χ0n) is 11.7. The Hall–Kier alpha value is -2.35. The summed E-state index contributed by atoms with van der Waals surface area (Å²) in [6.07, 6.45) is 0.950. The van der Waals surface area contributed by atoms with Crippen molar-refractivity contribution in [2.45, 2.75) is 19.8 Å². The van der Waals surface area contributed by atoms with Gasteiger partial charge in [-0.15, -0.1) is 0 Å². The molecule has 0 fully saturated rings. The van der Waals surface area contributed by atoms with E-state index in [9.17, 15) is 4.79 Å². The summed E-state index contributed by atoms with van der Waals surface area (Å²) in [5, 5.41) is 1.00. The Labute approximate surface area is 118 Å². The van der Waals surface area contributed by atoms with Crippen LogP contribution in [0.2, 0.25) is 0 Å². The standard InChI is InChI=1S/C18H17NO/c1-12(2)14-8-9-17-15(10-14)16(11-20)18(19-17)13-6-4-3-5-7-13/h3-12,19H,1-2H3. The molecule has 0 amide bonds. The lowest BCUT2D eigenvalue weighted by Gasteiger charge is -2.04. The third-order valence-corrected chi connectivity index (χ3v) is 3.71. The van der Waals surface area contributed by atoms with Gasteiger partial charge in [0.25, 0.3) is 0 Å². The normalized spacial score (nSPS) is 11.2. The Bertz CT molecular complexity index is 754. The third-order valence-electron chi connectivity index (χ3n) is 3.71. The monoisotopic (exact) mass is 263 g/mol. The van der Waals surface area contributed by atoms with Crippen LogP contribution in [0.25, 0.3) is 22.2 Å². The maximum absolute atomic E-state index is 11.5. The molecule has 20 heavy (non-hydrogen) atoms. The van der Waals surface area contributed by atoms with Gasteiger partial charge < -0.3 is 4.98 Å². The summed E-state index contributed by atoms with van der Waals surface area (Å²) in [6.45, 7) is 4.32. The molecule has 0 saturated carbocycles. The first-order valence-corrected chi connectivity index (χ1v) is 6.87. The van der Waals surface area contributed by atoms with Gasteiger partial charge in [-0.25, -0.2) is 0 Å². The van der Waals surface area contributed by atoms with E-state index in [2.05, 4.69) is 37.0 Å². The fourth-order valence-corrected chi connectivity index (χ4v) is 2.54. The van der Waals surface area contributed by atoms with Gasteiger partial charge in [-0.2, -0.15) is 0 Å². The first-order valence-electron chi connectivity index (χ1n) is 6.87. The number of aldehydes is 1. The molecule has 100 valence electrons. The number of hydrogen-bond donors (Lipinski definition) is 1. The topological polar surface area (TPSA) is 32.9 Å². The Kier molecular flexibility index (Phi) is 3.15. The summed E-state index contributed by atoms with van der Waals surface area (Å²) in [4.78, 5) is 14.9. The van der Waals surface area contributed by atoms with Crippen molar-refractivity contribution in [1.29, 1.82) is 0 Å². The average molecular weight is 263 g/mol. The van der Waals surface area contributed by atoms with Crippen LogP contribution in [-0.2, 0) is 0 Å². The lowest BCUT2D eigenvalue weighted by atomic mass is 9.99. The summed E-state index contributed by atoms with van der Waals surface area (Å²) in [5.41, 5.74) is 4.94. The molecule has 2 nitrogen and oxygen atoms in total. The zero-order chi connectivity index (χ0) is 14.1. The largest absolute Gasteiger partial charge is 0.354 e. The summed E-state index contributed by atoms with van der Waals surface area (Å²) < 4.78 is 0. The summed E-state index contributed by atoms with van der Waals surface area (Å²) in [5.74, 6) is 0.453. The van der Waals surface area contributed by atoms with E-state index < -0.39 is 0 Å². The van der Waals surface area contributed by atoms with Gasteiger partial charge in [-0.05, 0) is 29.2 Å². The van der Waals surface area contributed by atoms with Crippen molar-refractivity contribution in [3.05, 3.63) is 59.7 Å². The highest BCUT2D eigenvalue weighted by Crippen LogP contribution is 2.31. The molecule has 1 N–H and O–H groups in total. The number of carbonyl (C=O) groups is 1. The van der Waals surface area contributed by atoms with E-state index in [1.807, 2.05) is 30.3 Å². The number of H-pyrrole nitrogens is 1. The predicted octanol–water partition coefficient (Wildman–Crippen LogP) is 4.77. The van der Waals surface area contributed by atoms with Gasteiger partial charge in [-0.1, -0.05) is 50.2 Å². The van der Waals surface area contributed by atoms with Gasteiger partial charge in [-0.3, -0.25) is 4.79 Å². The zero-order valence-corrected chi connectivity index (χ0v) is 11.7. The van der Waals surface area contributed by atoms with Crippen LogP contribution in [0.15, 0.2) is 48.5 Å². The molecular formula is C18H17NO. The minimum absolute atomic E-state index is 0.453. The van der Waals surface area contributed by atoms with Gasteiger partial charge in [0.1, 0.15) is 0 Å². The molecular weight excluding hydrogens is 246 g/mol. The maximum atomic E-state index is 11.5. The Morgan fingerprint density at radius 2 is 1.80 bits per heavy atom. The van der Waals surface area contributed by atoms with Crippen molar-refractivity contribution in [1.82, 2.24) is 4.98 Å². The molecule has 3 aromatic rings. The summed E-state index contributed by atoms with van der Waals surface area (Å²) in [7, 11) is 0. The molecule has 0 radical (unpaired) electrons. The van der Waals surface area contributed by atoms with E-state index in [0.29, 0.717) is 5.92 Å². The first-order chi connectivity index (χ1) is 9.70. The molecule has 0 saturated heterocycles. The van der Waals surface area contributed by atoms with Crippen molar-refractivity contribution >= 4 is 17.2 Å². The Morgan fingerprint density at radius 3 is 2.45 bits per heavy atom. The SMILES string of the molecule is CC(C)c1ccc2[nH]c(-c3ccccc3)c(C=O)c2c1. The second kappa shape index (κ2) is 4.97. The number of hydrogen-bond acceptors (Lipinski definition) is 1. The number of aromatic amines is 1. The second-order valence-corrected chi connectivity index (χ2v) is 5.36. The molecule has 0 atom stereocenters.